The third-order valence-corrected chi connectivity index (χ3v) is 2.61. The molecular weight excluding hydrogens is 224 g/mol. The molecule has 0 bridgehead atoms. The van der Waals surface area contributed by atoms with Crippen LogP contribution in [0.3, 0.4) is 0 Å². The fraction of sp³-hybridized carbons (Fsp3) is 0.417. The average molecular weight is 239 g/mol. The van der Waals surface area contributed by atoms with Crippen molar-refractivity contribution >= 4 is 11.6 Å². The van der Waals surface area contributed by atoms with Gasteiger partial charge in [-0.1, -0.05) is 23.7 Å². The van der Waals surface area contributed by atoms with E-state index in [9.17, 15) is 0 Å². The van der Waals surface area contributed by atoms with Crippen molar-refractivity contribution in [2.75, 3.05) is 27.3 Å². The largest absolute Gasteiger partial charge is 0.383 e. The van der Waals surface area contributed by atoms with E-state index in [4.69, 9.17) is 21.6 Å². The first-order valence-electron chi connectivity index (χ1n) is 5.03. The molecule has 1 rings (SSSR count). The van der Waals surface area contributed by atoms with Gasteiger partial charge in [-0.25, -0.2) is 0 Å². The molecule has 4 heteroatoms. The highest BCUT2D eigenvalue weighted by Crippen LogP contribution is 2.21. The van der Waals surface area contributed by atoms with Crippen molar-refractivity contribution in [3.05, 3.63) is 34.9 Å². The number of halogens is 1. The second-order valence-electron chi connectivity index (χ2n) is 3.56. The number of nitriles is 1. The number of rotatable bonds is 5. The van der Waals surface area contributed by atoms with Crippen molar-refractivity contribution in [2.45, 2.75) is 6.04 Å². The maximum absolute atomic E-state index is 9.16. The number of hydrogen-bond acceptors (Lipinski definition) is 3. The predicted octanol–water partition coefficient (Wildman–Crippen LogP) is 2.48. The Morgan fingerprint density at radius 3 is 2.88 bits per heavy atom. The van der Waals surface area contributed by atoms with Crippen LogP contribution in [0.4, 0.5) is 0 Å². The topological polar surface area (TPSA) is 36.3 Å². The molecule has 1 aromatic carbocycles. The number of hydrogen-bond donors (Lipinski definition) is 0. The van der Waals surface area contributed by atoms with Crippen LogP contribution < -0.4 is 0 Å². The molecule has 3 nitrogen and oxygen atoms in total. The smallest absolute Gasteiger partial charge is 0.123 e. The van der Waals surface area contributed by atoms with Gasteiger partial charge in [-0.2, -0.15) is 5.26 Å². The summed E-state index contributed by atoms with van der Waals surface area (Å²) in [5.41, 5.74) is 0.911. The molecule has 1 aromatic rings. The molecule has 0 radical (unpaired) electrons. The molecule has 0 aliphatic carbocycles. The molecule has 1 unspecified atom stereocenters. The van der Waals surface area contributed by atoms with Crippen LogP contribution in [0.5, 0.6) is 0 Å². The standard InChI is InChI=1S/C12H15ClN2O/c1-15(6-7-16-2)12(9-14)10-4-3-5-11(13)8-10/h3-5,8,12H,6-7H2,1-2H3. The van der Waals surface area contributed by atoms with Crippen LogP contribution in [0, 0.1) is 11.3 Å². The number of benzene rings is 1. The summed E-state index contributed by atoms with van der Waals surface area (Å²) in [6, 6.07) is 9.36. The zero-order chi connectivity index (χ0) is 12.0. The Labute approximate surface area is 101 Å². The summed E-state index contributed by atoms with van der Waals surface area (Å²) in [5.74, 6) is 0. The molecule has 0 spiro atoms. The van der Waals surface area contributed by atoms with E-state index in [2.05, 4.69) is 6.07 Å². The summed E-state index contributed by atoms with van der Waals surface area (Å²) in [6.45, 7) is 1.32. The fourth-order valence-corrected chi connectivity index (χ4v) is 1.67. The highest BCUT2D eigenvalue weighted by molar-refractivity contribution is 6.30. The Balaban J connectivity index is 2.78. The van der Waals surface area contributed by atoms with E-state index in [-0.39, 0.29) is 6.04 Å². The van der Waals surface area contributed by atoms with Gasteiger partial charge in [0.2, 0.25) is 0 Å². The molecule has 0 fully saturated rings. The third-order valence-electron chi connectivity index (χ3n) is 2.38. The van der Waals surface area contributed by atoms with Gasteiger partial charge in [0.25, 0.3) is 0 Å². The summed E-state index contributed by atoms with van der Waals surface area (Å²) in [5, 5.41) is 9.82. The molecule has 0 aromatic heterocycles. The van der Waals surface area contributed by atoms with Gasteiger partial charge >= 0.3 is 0 Å². The van der Waals surface area contributed by atoms with Crippen molar-refractivity contribution in [1.82, 2.24) is 4.90 Å². The third kappa shape index (κ3) is 3.49. The van der Waals surface area contributed by atoms with Crippen molar-refractivity contribution in [2.24, 2.45) is 0 Å². The molecule has 16 heavy (non-hydrogen) atoms. The number of nitrogens with zero attached hydrogens (tertiary/aromatic N) is 2. The van der Waals surface area contributed by atoms with Gasteiger partial charge in [0, 0.05) is 18.7 Å². The number of methoxy groups -OCH3 is 1. The predicted molar refractivity (Wildman–Crippen MR) is 64.3 cm³/mol. The second-order valence-corrected chi connectivity index (χ2v) is 4.00. The van der Waals surface area contributed by atoms with Gasteiger partial charge in [-0.15, -0.1) is 0 Å². The van der Waals surface area contributed by atoms with Crippen LogP contribution in [0.2, 0.25) is 5.02 Å². The molecule has 0 aliphatic heterocycles. The Morgan fingerprint density at radius 2 is 2.31 bits per heavy atom. The minimum absolute atomic E-state index is 0.283. The minimum atomic E-state index is -0.283. The monoisotopic (exact) mass is 238 g/mol. The van der Waals surface area contributed by atoms with Gasteiger partial charge in [0.15, 0.2) is 0 Å². The average Bonchev–Trinajstić information content (AvgIpc) is 2.27. The second kappa shape index (κ2) is 6.49. The Hall–Kier alpha value is -1.08. The van der Waals surface area contributed by atoms with Crippen LogP contribution >= 0.6 is 11.6 Å². The van der Waals surface area contributed by atoms with Crippen LogP contribution in [0.25, 0.3) is 0 Å². The van der Waals surface area contributed by atoms with Crippen molar-refractivity contribution < 1.29 is 4.74 Å². The van der Waals surface area contributed by atoms with Gasteiger partial charge in [0.1, 0.15) is 6.04 Å². The van der Waals surface area contributed by atoms with Gasteiger partial charge in [-0.3, -0.25) is 4.90 Å². The Bertz CT molecular complexity index is 376. The first kappa shape index (κ1) is 13.0. The van der Waals surface area contributed by atoms with Crippen LogP contribution in [-0.4, -0.2) is 32.2 Å². The lowest BCUT2D eigenvalue weighted by Gasteiger charge is -2.22. The molecule has 86 valence electrons. The van der Waals surface area contributed by atoms with E-state index in [1.165, 1.54) is 0 Å². The summed E-state index contributed by atoms with van der Waals surface area (Å²) >= 11 is 5.90. The minimum Gasteiger partial charge on any atom is -0.383 e. The number of likely N-dealkylation sites (N-methyl/N-ethyl adjacent to an activating group) is 1. The molecule has 0 N–H and O–H groups in total. The first-order valence-corrected chi connectivity index (χ1v) is 5.41. The first-order chi connectivity index (χ1) is 7.69. The summed E-state index contributed by atoms with van der Waals surface area (Å²) in [4.78, 5) is 1.94. The van der Waals surface area contributed by atoms with E-state index >= 15 is 0 Å². The van der Waals surface area contributed by atoms with Gasteiger partial charge in [-0.05, 0) is 24.7 Å². The van der Waals surface area contributed by atoms with Crippen molar-refractivity contribution in [1.29, 1.82) is 5.26 Å². The molecule has 0 saturated carbocycles. The van der Waals surface area contributed by atoms with E-state index in [0.29, 0.717) is 18.2 Å². The lowest BCUT2D eigenvalue weighted by Crippen LogP contribution is -2.27. The zero-order valence-corrected chi connectivity index (χ0v) is 10.2. The van der Waals surface area contributed by atoms with E-state index in [1.54, 1.807) is 13.2 Å². The van der Waals surface area contributed by atoms with Crippen LogP contribution in [-0.2, 0) is 4.74 Å². The quantitative estimate of drug-likeness (QED) is 0.791. The Kier molecular flexibility index (Phi) is 5.27. The van der Waals surface area contributed by atoms with Crippen molar-refractivity contribution in [3.63, 3.8) is 0 Å². The zero-order valence-electron chi connectivity index (χ0n) is 9.48. The van der Waals surface area contributed by atoms with E-state index in [0.717, 1.165) is 5.56 Å². The highest BCUT2D eigenvalue weighted by atomic mass is 35.5. The van der Waals surface area contributed by atoms with Gasteiger partial charge in [0.05, 0.1) is 12.7 Å². The van der Waals surface area contributed by atoms with Gasteiger partial charge < -0.3 is 4.74 Å². The summed E-state index contributed by atoms with van der Waals surface area (Å²) in [7, 11) is 3.54. The van der Waals surface area contributed by atoms with E-state index in [1.807, 2.05) is 30.1 Å². The fourth-order valence-electron chi connectivity index (χ4n) is 1.47. The summed E-state index contributed by atoms with van der Waals surface area (Å²) < 4.78 is 4.99. The lowest BCUT2D eigenvalue weighted by atomic mass is 10.1. The van der Waals surface area contributed by atoms with E-state index < -0.39 is 0 Å². The highest BCUT2D eigenvalue weighted by Gasteiger charge is 2.15. The molecular formula is C12H15ClN2O. The molecule has 0 aliphatic rings. The summed E-state index contributed by atoms with van der Waals surface area (Å²) in [6.07, 6.45) is 0. The molecule has 1 atom stereocenters. The molecule has 0 amide bonds. The molecule has 0 saturated heterocycles. The normalized spacial score (nSPS) is 12.4. The Morgan fingerprint density at radius 1 is 1.56 bits per heavy atom. The maximum Gasteiger partial charge on any atom is 0.123 e. The molecule has 0 heterocycles. The van der Waals surface area contributed by atoms with Crippen LogP contribution in [0.15, 0.2) is 24.3 Å². The lowest BCUT2D eigenvalue weighted by molar-refractivity contribution is 0.151. The van der Waals surface area contributed by atoms with Crippen molar-refractivity contribution in [3.8, 4) is 6.07 Å². The SMILES string of the molecule is COCCN(C)C(C#N)c1cccc(Cl)c1. The maximum atomic E-state index is 9.16. The van der Waals surface area contributed by atoms with Crippen LogP contribution in [0.1, 0.15) is 11.6 Å². The number of ether oxygens (including phenoxy) is 1.